The molecule has 0 saturated heterocycles. The molecule has 0 saturated carbocycles. The molecule has 0 aliphatic heterocycles. The fourth-order valence-electron chi connectivity index (χ4n) is 1.01. The smallest absolute Gasteiger partial charge is 0.298 e. The number of rotatable bonds is 5. The Bertz CT molecular complexity index is 425. The Morgan fingerprint density at radius 2 is 1.87 bits per heavy atom. The van der Waals surface area contributed by atoms with E-state index >= 15 is 0 Å². The van der Waals surface area contributed by atoms with Gasteiger partial charge in [0.05, 0.1) is 0 Å². The third-order valence-electron chi connectivity index (χ3n) is 1.63. The summed E-state index contributed by atoms with van der Waals surface area (Å²) in [5, 5.41) is 0. The second kappa shape index (κ2) is 4.90. The van der Waals surface area contributed by atoms with Crippen molar-refractivity contribution in [3.63, 3.8) is 0 Å². The van der Waals surface area contributed by atoms with Crippen LogP contribution in [-0.2, 0) is 10.2 Å². The molecule has 1 aromatic rings. The van der Waals surface area contributed by atoms with Crippen LogP contribution in [0.15, 0.2) is 24.3 Å². The van der Waals surface area contributed by atoms with Crippen molar-refractivity contribution in [1.82, 2.24) is 4.72 Å². The van der Waals surface area contributed by atoms with E-state index in [1.54, 1.807) is 6.92 Å². The number of hydrogen-bond donors (Lipinski definition) is 2. The third kappa shape index (κ3) is 3.69. The van der Waals surface area contributed by atoms with E-state index < -0.39 is 10.2 Å². The molecule has 0 heterocycles. The van der Waals surface area contributed by atoms with Crippen LogP contribution in [0.25, 0.3) is 0 Å². The van der Waals surface area contributed by atoms with Crippen molar-refractivity contribution in [1.29, 1.82) is 0 Å². The van der Waals surface area contributed by atoms with E-state index in [-0.39, 0.29) is 0 Å². The number of benzene rings is 1. The summed E-state index contributed by atoms with van der Waals surface area (Å²) in [6.07, 6.45) is 0.697. The lowest BCUT2D eigenvalue weighted by Gasteiger charge is -2.07. The van der Waals surface area contributed by atoms with Crippen molar-refractivity contribution in [3.8, 4) is 0 Å². The minimum Gasteiger partial charge on any atom is -0.298 e. The monoisotopic (exact) mass is 228 g/mol. The summed E-state index contributed by atoms with van der Waals surface area (Å²) in [4.78, 5) is 10.4. The molecular formula is C9H12N2O3S. The van der Waals surface area contributed by atoms with Crippen molar-refractivity contribution in [3.05, 3.63) is 29.8 Å². The van der Waals surface area contributed by atoms with Gasteiger partial charge in [0.15, 0.2) is 0 Å². The fraction of sp³-hybridized carbons (Fsp3) is 0.222. The predicted molar refractivity (Wildman–Crippen MR) is 58.0 cm³/mol. The van der Waals surface area contributed by atoms with E-state index in [2.05, 4.69) is 9.44 Å². The Labute approximate surface area is 88.7 Å². The Morgan fingerprint density at radius 3 is 2.33 bits per heavy atom. The second-order valence-electron chi connectivity index (χ2n) is 2.84. The maximum Gasteiger partial charge on any atom is 0.299 e. The van der Waals surface area contributed by atoms with Gasteiger partial charge in [-0.1, -0.05) is 6.92 Å². The van der Waals surface area contributed by atoms with Crippen molar-refractivity contribution < 1.29 is 13.2 Å². The highest BCUT2D eigenvalue weighted by Crippen LogP contribution is 2.09. The van der Waals surface area contributed by atoms with E-state index in [0.717, 1.165) is 0 Å². The van der Waals surface area contributed by atoms with Gasteiger partial charge in [-0.2, -0.15) is 13.1 Å². The molecule has 15 heavy (non-hydrogen) atoms. The summed E-state index contributed by atoms with van der Waals surface area (Å²) in [5.41, 5.74) is 0.919. The number of anilines is 1. The van der Waals surface area contributed by atoms with Gasteiger partial charge in [-0.05, 0) is 24.3 Å². The molecule has 0 bridgehead atoms. The van der Waals surface area contributed by atoms with E-state index in [4.69, 9.17) is 0 Å². The molecular weight excluding hydrogens is 216 g/mol. The van der Waals surface area contributed by atoms with Crippen molar-refractivity contribution in [2.24, 2.45) is 0 Å². The minimum atomic E-state index is -3.49. The van der Waals surface area contributed by atoms with E-state index in [1.165, 1.54) is 24.3 Å². The SMILES string of the molecule is CCNS(=O)(=O)Nc1ccc(C=O)cc1. The Morgan fingerprint density at radius 1 is 1.27 bits per heavy atom. The first-order valence-electron chi connectivity index (χ1n) is 4.40. The van der Waals surface area contributed by atoms with Crippen LogP contribution in [0.1, 0.15) is 17.3 Å². The van der Waals surface area contributed by atoms with Crippen LogP contribution in [-0.4, -0.2) is 21.2 Å². The normalized spacial score (nSPS) is 11.0. The quantitative estimate of drug-likeness (QED) is 0.731. The van der Waals surface area contributed by atoms with Gasteiger partial charge in [0.2, 0.25) is 0 Å². The highest BCUT2D eigenvalue weighted by Gasteiger charge is 2.06. The topological polar surface area (TPSA) is 75.3 Å². The van der Waals surface area contributed by atoms with Crippen LogP contribution >= 0.6 is 0 Å². The summed E-state index contributed by atoms with van der Waals surface area (Å²) >= 11 is 0. The van der Waals surface area contributed by atoms with Crippen molar-refractivity contribution >= 4 is 22.2 Å². The molecule has 82 valence electrons. The van der Waals surface area contributed by atoms with Gasteiger partial charge in [-0.15, -0.1) is 0 Å². The largest absolute Gasteiger partial charge is 0.299 e. The molecule has 6 heteroatoms. The number of hydrogen-bond acceptors (Lipinski definition) is 3. The van der Waals surface area contributed by atoms with Gasteiger partial charge in [0.25, 0.3) is 10.2 Å². The third-order valence-corrected chi connectivity index (χ3v) is 2.81. The predicted octanol–water partition coefficient (Wildman–Crippen LogP) is 0.765. The fourth-order valence-corrected chi connectivity index (χ4v) is 1.91. The standard InChI is InChI=1S/C9H12N2O3S/c1-2-10-15(13,14)11-9-5-3-8(7-12)4-6-9/h3-7,10-11H,2H2,1H3. The van der Waals surface area contributed by atoms with Gasteiger partial charge >= 0.3 is 0 Å². The van der Waals surface area contributed by atoms with Crippen LogP contribution in [0, 0.1) is 0 Å². The molecule has 5 nitrogen and oxygen atoms in total. The van der Waals surface area contributed by atoms with Crippen LogP contribution in [0.2, 0.25) is 0 Å². The molecule has 0 fully saturated rings. The number of aldehydes is 1. The van der Waals surface area contributed by atoms with E-state index in [1.807, 2.05) is 0 Å². The molecule has 0 aromatic heterocycles. The first-order valence-corrected chi connectivity index (χ1v) is 5.88. The zero-order valence-corrected chi connectivity index (χ0v) is 9.04. The molecule has 0 spiro atoms. The minimum absolute atomic E-state index is 0.321. The molecule has 1 rings (SSSR count). The Hall–Kier alpha value is -1.40. The van der Waals surface area contributed by atoms with Gasteiger partial charge in [-0.25, -0.2) is 0 Å². The molecule has 0 aliphatic rings. The number of nitrogens with one attached hydrogen (secondary N) is 2. The Kier molecular flexibility index (Phi) is 3.81. The molecule has 0 radical (unpaired) electrons. The summed E-state index contributed by atoms with van der Waals surface area (Å²) in [5.74, 6) is 0. The molecule has 0 unspecified atom stereocenters. The second-order valence-corrected chi connectivity index (χ2v) is 4.34. The number of carbonyl (C=O) groups is 1. The van der Waals surface area contributed by atoms with Gasteiger partial charge in [-0.3, -0.25) is 9.52 Å². The lowest BCUT2D eigenvalue weighted by Crippen LogP contribution is -2.29. The average Bonchev–Trinajstić information content (AvgIpc) is 2.18. The zero-order chi connectivity index (χ0) is 11.3. The molecule has 0 aliphatic carbocycles. The zero-order valence-electron chi connectivity index (χ0n) is 8.23. The van der Waals surface area contributed by atoms with Crippen LogP contribution in [0.3, 0.4) is 0 Å². The van der Waals surface area contributed by atoms with E-state index in [0.29, 0.717) is 24.1 Å². The van der Waals surface area contributed by atoms with Crippen LogP contribution in [0.4, 0.5) is 5.69 Å². The average molecular weight is 228 g/mol. The molecule has 0 atom stereocenters. The summed E-state index contributed by atoms with van der Waals surface area (Å²) in [6.45, 7) is 2.01. The van der Waals surface area contributed by atoms with Crippen molar-refractivity contribution in [2.45, 2.75) is 6.92 Å². The van der Waals surface area contributed by atoms with Crippen LogP contribution < -0.4 is 9.44 Å². The summed E-state index contributed by atoms with van der Waals surface area (Å²) in [6, 6.07) is 6.13. The van der Waals surface area contributed by atoms with E-state index in [9.17, 15) is 13.2 Å². The van der Waals surface area contributed by atoms with Crippen molar-refractivity contribution in [2.75, 3.05) is 11.3 Å². The molecule has 2 N–H and O–H groups in total. The summed E-state index contributed by atoms with van der Waals surface area (Å²) in [7, 11) is -3.49. The molecule has 1 aromatic carbocycles. The van der Waals surface area contributed by atoms with Gasteiger partial charge < -0.3 is 0 Å². The first kappa shape index (κ1) is 11.7. The highest BCUT2D eigenvalue weighted by molar-refractivity contribution is 7.90. The maximum absolute atomic E-state index is 11.3. The highest BCUT2D eigenvalue weighted by atomic mass is 32.2. The molecule has 0 amide bonds. The lowest BCUT2D eigenvalue weighted by atomic mass is 10.2. The van der Waals surface area contributed by atoms with Crippen LogP contribution in [0.5, 0.6) is 0 Å². The lowest BCUT2D eigenvalue weighted by molar-refractivity contribution is 0.112. The van der Waals surface area contributed by atoms with Gasteiger partial charge in [0, 0.05) is 17.8 Å². The summed E-state index contributed by atoms with van der Waals surface area (Å²) < 4.78 is 27.1. The number of carbonyl (C=O) groups excluding carboxylic acids is 1. The first-order chi connectivity index (χ1) is 7.07. The maximum atomic E-state index is 11.3. The Balaban J connectivity index is 2.77. The van der Waals surface area contributed by atoms with Gasteiger partial charge in [0.1, 0.15) is 6.29 Å².